The standard InChI is InChI=1S/C14H20F3N9OS/c15-14(16,17)8-23-11(19)25-10-2-4-22-13(26-10)28-7-1-3-20-12(24-9-18)21-5-6-27/h2,4,27H,1,3,5-8H2,(H2,20,21,24)(H3,19,22,23,25,26). The summed E-state index contributed by atoms with van der Waals surface area (Å²) >= 11 is 1.32. The summed E-state index contributed by atoms with van der Waals surface area (Å²) in [5.74, 6) is 0.726. The Kier molecular flexibility index (Phi) is 10.4. The number of thioether (sulfide) groups is 1. The van der Waals surface area contributed by atoms with Gasteiger partial charge in [0.1, 0.15) is 12.4 Å². The molecule has 0 amide bonds. The summed E-state index contributed by atoms with van der Waals surface area (Å²) in [5, 5.41) is 25.4. The molecule has 1 heterocycles. The van der Waals surface area contributed by atoms with Gasteiger partial charge in [-0.15, -0.1) is 0 Å². The molecule has 0 aliphatic carbocycles. The topological polar surface area (TPSA) is 157 Å². The van der Waals surface area contributed by atoms with Crippen molar-refractivity contribution in [3.63, 3.8) is 0 Å². The molecule has 1 rings (SSSR count). The first-order chi connectivity index (χ1) is 13.3. The molecule has 1 aromatic rings. The molecule has 10 nitrogen and oxygen atoms in total. The Hall–Kier alpha value is -2.79. The van der Waals surface area contributed by atoms with Crippen molar-refractivity contribution in [2.45, 2.75) is 17.8 Å². The number of aromatic nitrogens is 2. The van der Waals surface area contributed by atoms with E-state index in [9.17, 15) is 13.2 Å². The molecule has 0 spiro atoms. The fourth-order valence-electron chi connectivity index (χ4n) is 1.61. The number of halogens is 3. The van der Waals surface area contributed by atoms with Crippen molar-refractivity contribution in [1.29, 1.82) is 5.26 Å². The van der Waals surface area contributed by atoms with Gasteiger partial charge < -0.3 is 21.5 Å². The third-order valence-electron chi connectivity index (χ3n) is 2.70. The lowest BCUT2D eigenvalue weighted by Crippen LogP contribution is -2.36. The summed E-state index contributed by atoms with van der Waals surface area (Å²) in [6.07, 6.45) is -0.594. The minimum absolute atomic E-state index is 0.0882. The fourth-order valence-corrected chi connectivity index (χ4v) is 2.37. The van der Waals surface area contributed by atoms with Crippen LogP contribution in [0, 0.1) is 11.5 Å². The van der Waals surface area contributed by atoms with Gasteiger partial charge in [-0.3, -0.25) is 10.3 Å². The Morgan fingerprint density at radius 2 is 2.18 bits per heavy atom. The average molecular weight is 419 g/mol. The maximum absolute atomic E-state index is 12.1. The van der Waals surface area contributed by atoms with E-state index in [1.165, 1.54) is 24.0 Å². The quantitative estimate of drug-likeness (QED) is 0.0720. The van der Waals surface area contributed by atoms with E-state index in [0.717, 1.165) is 0 Å². The van der Waals surface area contributed by atoms with Gasteiger partial charge in [0.25, 0.3) is 0 Å². The van der Waals surface area contributed by atoms with Crippen LogP contribution in [-0.2, 0) is 0 Å². The summed E-state index contributed by atoms with van der Waals surface area (Å²) in [6, 6.07) is 1.46. The highest BCUT2D eigenvalue weighted by atomic mass is 32.2. The zero-order valence-electron chi connectivity index (χ0n) is 14.7. The van der Waals surface area contributed by atoms with Crippen molar-refractivity contribution in [2.24, 2.45) is 15.7 Å². The summed E-state index contributed by atoms with van der Waals surface area (Å²) in [4.78, 5) is 15.5. The normalized spacial score (nSPS) is 12.4. The van der Waals surface area contributed by atoms with Crippen LogP contribution in [0.1, 0.15) is 6.42 Å². The maximum Gasteiger partial charge on any atom is 0.408 e. The molecule has 0 bridgehead atoms. The Morgan fingerprint density at radius 1 is 1.39 bits per heavy atom. The molecule has 0 unspecified atom stereocenters. The average Bonchev–Trinajstić information content (AvgIpc) is 2.64. The molecule has 1 aromatic heterocycles. The minimum Gasteiger partial charge on any atom is -0.395 e. The zero-order chi connectivity index (χ0) is 20.8. The Labute approximate surface area is 163 Å². The molecule has 0 radical (unpaired) electrons. The number of guanidine groups is 2. The molecular weight excluding hydrogens is 399 g/mol. The van der Waals surface area contributed by atoms with E-state index in [-0.39, 0.29) is 24.9 Å². The molecular formula is C14H20F3N9OS. The number of aliphatic imine (C=N–C) groups is 2. The van der Waals surface area contributed by atoms with Crippen molar-refractivity contribution >= 4 is 29.5 Å². The van der Waals surface area contributed by atoms with E-state index < -0.39 is 18.7 Å². The summed E-state index contributed by atoms with van der Waals surface area (Å²) in [6.45, 7) is -0.778. The van der Waals surface area contributed by atoms with E-state index in [1.807, 2.05) is 0 Å². The monoisotopic (exact) mass is 419 g/mol. The van der Waals surface area contributed by atoms with E-state index in [0.29, 0.717) is 23.9 Å². The summed E-state index contributed by atoms with van der Waals surface area (Å²) < 4.78 is 36.3. The van der Waals surface area contributed by atoms with Crippen LogP contribution < -0.4 is 21.7 Å². The second-order valence-corrected chi connectivity index (χ2v) is 6.05. The molecule has 0 saturated carbocycles. The van der Waals surface area contributed by atoms with E-state index in [1.54, 1.807) is 6.19 Å². The fraction of sp³-hybridized carbons (Fsp3) is 0.500. The van der Waals surface area contributed by atoms with Gasteiger partial charge in [-0.2, -0.15) is 18.4 Å². The van der Waals surface area contributed by atoms with Crippen LogP contribution in [0.3, 0.4) is 0 Å². The first-order valence-electron chi connectivity index (χ1n) is 7.98. The molecule has 28 heavy (non-hydrogen) atoms. The molecule has 14 heteroatoms. The van der Waals surface area contributed by atoms with Crippen molar-refractivity contribution in [3.05, 3.63) is 12.3 Å². The highest BCUT2D eigenvalue weighted by Crippen LogP contribution is 2.16. The molecule has 0 saturated heterocycles. The second kappa shape index (κ2) is 12.6. The number of nitrogens with zero attached hydrogens (tertiary/aromatic N) is 5. The first kappa shape index (κ1) is 23.2. The summed E-state index contributed by atoms with van der Waals surface area (Å²) in [7, 11) is 0. The lowest BCUT2D eigenvalue weighted by molar-refractivity contribution is -0.118. The molecule has 0 aliphatic heterocycles. The number of nitrogens with two attached hydrogens (primary N) is 1. The summed E-state index contributed by atoms with van der Waals surface area (Å²) in [5.41, 5.74) is 5.40. The van der Waals surface area contributed by atoms with Crippen LogP contribution in [0.25, 0.3) is 0 Å². The number of rotatable bonds is 9. The number of nitrogens with one attached hydrogen (secondary N) is 3. The Balaban J connectivity index is 2.45. The Bertz CT molecular complexity index is 706. The van der Waals surface area contributed by atoms with Crippen molar-refractivity contribution < 1.29 is 18.3 Å². The van der Waals surface area contributed by atoms with Crippen LogP contribution in [0.2, 0.25) is 0 Å². The minimum atomic E-state index is -4.43. The smallest absolute Gasteiger partial charge is 0.395 e. The highest BCUT2D eigenvalue weighted by molar-refractivity contribution is 7.99. The van der Waals surface area contributed by atoms with E-state index in [2.05, 4.69) is 35.9 Å². The van der Waals surface area contributed by atoms with Gasteiger partial charge in [-0.05, 0) is 12.5 Å². The molecule has 6 N–H and O–H groups in total. The van der Waals surface area contributed by atoms with Gasteiger partial charge in [0.2, 0.25) is 5.96 Å². The number of anilines is 1. The van der Waals surface area contributed by atoms with Crippen molar-refractivity contribution in [3.8, 4) is 6.19 Å². The Morgan fingerprint density at radius 3 is 2.86 bits per heavy atom. The second-order valence-electron chi connectivity index (χ2n) is 4.99. The highest BCUT2D eigenvalue weighted by Gasteiger charge is 2.26. The molecule has 154 valence electrons. The van der Waals surface area contributed by atoms with Gasteiger partial charge in [-0.25, -0.2) is 15.0 Å². The number of alkyl halides is 3. The zero-order valence-corrected chi connectivity index (χ0v) is 15.5. The van der Waals surface area contributed by atoms with Crippen LogP contribution in [0.15, 0.2) is 27.4 Å². The largest absolute Gasteiger partial charge is 0.408 e. The first-order valence-corrected chi connectivity index (χ1v) is 8.96. The predicted octanol–water partition coefficient (Wildman–Crippen LogP) is 0.256. The van der Waals surface area contributed by atoms with Crippen LogP contribution in [0.4, 0.5) is 19.0 Å². The van der Waals surface area contributed by atoms with Crippen LogP contribution in [0.5, 0.6) is 0 Å². The third-order valence-corrected chi connectivity index (χ3v) is 3.65. The predicted molar refractivity (Wildman–Crippen MR) is 99.7 cm³/mol. The van der Waals surface area contributed by atoms with Gasteiger partial charge in [-0.1, -0.05) is 11.8 Å². The SMILES string of the molecule is N#CNC(=NCCCSc1nccc(NC(N)=NCC(F)(F)F)n1)NCCO. The number of nitriles is 1. The van der Waals surface area contributed by atoms with Crippen LogP contribution in [-0.4, -0.2) is 65.2 Å². The number of hydrogen-bond acceptors (Lipinski definition) is 7. The molecule has 0 fully saturated rings. The number of hydrogen-bond donors (Lipinski definition) is 5. The molecule has 0 aromatic carbocycles. The van der Waals surface area contributed by atoms with Gasteiger partial charge >= 0.3 is 6.18 Å². The number of aliphatic hydroxyl groups excluding tert-OH is 1. The molecule has 0 atom stereocenters. The van der Waals surface area contributed by atoms with Gasteiger partial charge in [0, 0.05) is 25.0 Å². The number of aliphatic hydroxyl groups is 1. The lowest BCUT2D eigenvalue weighted by Gasteiger charge is -2.07. The van der Waals surface area contributed by atoms with Crippen molar-refractivity contribution in [2.75, 3.05) is 37.3 Å². The van der Waals surface area contributed by atoms with Gasteiger partial charge in [0.05, 0.1) is 6.61 Å². The molecule has 0 aliphatic rings. The lowest BCUT2D eigenvalue weighted by atomic mass is 10.5. The van der Waals surface area contributed by atoms with Gasteiger partial charge in [0.15, 0.2) is 17.3 Å². The van der Waals surface area contributed by atoms with E-state index >= 15 is 0 Å². The van der Waals surface area contributed by atoms with Crippen molar-refractivity contribution in [1.82, 2.24) is 20.6 Å². The maximum atomic E-state index is 12.1. The third kappa shape index (κ3) is 11.0. The van der Waals surface area contributed by atoms with Crippen LogP contribution >= 0.6 is 11.8 Å². The van der Waals surface area contributed by atoms with E-state index in [4.69, 9.17) is 16.1 Å².